The number of likely N-dealkylation sites (N-methyl/N-ethyl adjacent to an activating group) is 2. The van der Waals surface area contributed by atoms with Gasteiger partial charge in [-0.05, 0) is 70.1 Å². The summed E-state index contributed by atoms with van der Waals surface area (Å²) in [6.07, 6.45) is 2.27. The van der Waals surface area contributed by atoms with Gasteiger partial charge in [-0.3, -0.25) is 33.8 Å². The number of nitrogens with zero attached hydrogens (tertiary/aromatic N) is 3. The van der Waals surface area contributed by atoms with Crippen molar-refractivity contribution in [2.24, 2.45) is 23.7 Å². The number of nitrogens with one attached hydrogen (secondary N) is 3. The number of hydrogen-bond acceptors (Lipinski definition) is 10. The summed E-state index contributed by atoms with van der Waals surface area (Å²) in [5, 5.41) is 9.01. The van der Waals surface area contributed by atoms with Gasteiger partial charge in [0.15, 0.2) is 0 Å². The maximum Gasteiger partial charge on any atom is 0.245 e. The van der Waals surface area contributed by atoms with Gasteiger partial charge in [0.05, 0.1) is 36.8 Å². The molecule has 14 heteroatoms. The molecule has 4 amide bonds. The van der Waals surface area contributed by atoms with Gasteiger partial charge in [0.2, 0.25) is 23.6 Å². The van der Waals surface area contributed by atoms with Gasteiger partial charge in [0.1, 0.15) is 17.9 Å². The number of Topliss-reactive ketones (excluding diaryl/α,β-unsaturated/α-hetero) is 1. The summed E-state index contributed by atoms with van der Waals surface area (Å²) in [5.74, 6) is -1.78. The highest BCUT2D eigenvalue weighted by molar-refractivity contribution is 5.90. The van der Waals surface area contributed by atoms with Gasteiger partial charge < -0.3 is 35.1 Å². The minimum Gasteiger partial charge on any atom is -0.382 e. The highest BCUT2D eigenvalue weighted by Gasteiger charge is 2.41. The Kier molecular flexibility index (Phi) is 23.5. The van der Waals surface area contributed by atoms with Gasteiger partial charge in [-0.1, -0.05) is 85.2 Å². The van der Waals surface area contributed by atoms with Crippen LogP contribution < -0.4 is 16.0 Å². The molecule has 1 heterocycles. The van der Waals surface area contributed by atoms with Gasteiger partial charge in [-0.25, -0.2) is 0 Å². The molecule has 60 heavy (non-hydrogen) atoms. The number of amides is 4. The lowest BCUT2D eigenvalue weighted by Gasteiger charge is -2.40. The van der Waals surface area contributed by atoms with Crippen LogP contribution in [-0.4, -0.2) is 155 Å². The smallest absolute Gasteiger partial charge is 0.245 e. The lowest BCUT2D eigenvalue weighted by molar-refractivity contribution is -0.144. The minimum atomic E-state index is -0.787. The predicted molar refractivity (Wildman–Crippen MR) is 236 cm³/mol. The van der Waals surface area contributed by atoms with E-state index in [9.17, 15) is 24.0 Å². The minimum absolute atomic E-state index is 0.00922. The zero-order valence-corrected chi connectivity index (χ0v) is 39.1. The number of likely N-dealkylation sites (tertiary alicyclic amines) is 1. The molecular weight excluding hydrogens is 765 g/mol. The Hall–Kier alpha value is -3.43. The molecule has 14 nitrogen and oxygen atoms in total. The Morgan fingerprint density at radius 3 is 2.08 bits per heavy atom. The van der Waals surface area contributed by atoms with Crippen molar-refractivity contribution >= 4 is 29.4 Å². The zero-order valence-electron chi connectivity index (χ0n) is 39.1. The predicted octanol–water partition coefficient (Wildman–Crippen LogP) is 3.95. The summed E-state index contributed by atoms with van der Waals surface area (Å²) in [4.78, 5) is 74.6. The molecule has 1 aliphatic rings. The highest BCUT2D eigenvalue weighted by Crippen LogP contribution is 2.28. The molecule has 9 atom stereocenters. The Morgan fingerprint density at radius 2 is 1.53 bits per heavy atom. The summed E-state index contributed by atoms with van der Waals surface area (Å²) in [6.45, 7) is 18.0. The first-order chi connectivity index (χ1) is 28.4. The summed E-state index contributed by atoms with van der Waals surface area (Å²) >= 11 is 0. The second kappa shape index (κ2) is 26.8. The average molecular weight is 845 g/mol. The molecular formula is C46H80N6O8. The molecule has 342 valence electrons. The van der Waals surface area contributed by atoms with Crippen LogP contribution in [0.5, 0.6) is 0 Å². The van der Waals surface area contributed by atoms with Crippen LogP contribution in [0, 0.1) is 23.7 Å². The van der Waals surface area contributed by atoms with Gasteiger partial charge in [0.25, 0.3) is 0 Å². The number of hydrogen-bond donors (Lipinski definition) is 3. The van der Waals surface area contributed by atoms with E-state index in [1.54, 1.807) is 26.2 Å². The third kappa shape index (κ3) is 15.8. The van der Waals surface area contributed by atoms with E-state index < -0.39 is 42.3 Å². The van der Waals surface area contributed by atoms with Gasteiger partial charge >= 0.3 is 0 Å². The number of carbonyl (C=O) groups is 5. The van der Waals surface area contributed by atoms with Crippen molar-refractivity contribution in [1.82, 2.24) is 30.7 Å². The van der Waals surface area contributed by atoms with Crippen molar-refractivity contribution in [1.29, 1.82) is 0 Å². The quantitative estimate of drug-likeness (QED) is 0.106. The van der Waals surface area contributed by atoms with Gasteiger partial charge in [-0.15, -0.1) is 0 Å². The molecule has 2 rings (SSSR count). The number of ether oxygens (including phenoxy) is 3. The summed E-state index contributed by atoms with van der Waals surface area (Å²) in [7, 11) is 8.62. The molecule has 1 saturated heterocycles. The number of ketones is 1. The van der Waals surface area contributed by atoms with Crippen LogP contribution in [0.2, 0.25) is 0 Å². The third-order valence-corrected chi connectivity index (χ3v) is 12.1. The van der Waals surface area contributed by atoms with E-state index >= 15 is 0 Å². The van der Waals surface area contributed by atoms with Crippen molar-refractivity contribution in [3.8, 4) is 0 Å². The third-order valence-electron chi connectivity index (χ3n) is 12.1. The highest BCUT2D eigenvalue weighted by atomic mass is 16.5. The number of benzene rings is 1. The van der Waals surface area contributed by atoms with Crippen molar-refractivity contribution in [2.45, 2.75) is 136 Å². The molecule has 0 saturated carbocycles. The summed E-state index contributed by atoms with van der Waals surface area (Å²) < 4.78 is 17.4. The van der Waals surface area contributed by atoms with Crippen molar-refractivity contribution in [2.75, 3.05) is 68.2 Å². The first kappa shape index (κ1) is 52.7. The lowest BCUT2D eigenvalue weighted by atomic mass is 9.89. The van der Waals surface area contributed by atoms with Crippen LogP contribution >= 0.6 is 0 Å². The second-order valence-corrected chi connectivity index (χ2v) is 17.5. The van der Waals surface area contributed by atoms with Crippen LogP contribution in [0.4, 0.5) is 0 Å². The normalized spacial score (nSPS) is 18.6. The monoisotopic (exact) mass is 845 g/mol. The fourth-order valence-corrected chi connectivity index (χ4v) is 8.63. The van der Waals surface area contributed by atoms with E-state index in [0.29, 0.717) is 39.1 Å². The molecule has 0 bridgehead atoms. The van der Waals surface area contributed by atoms with E-state index in [-0.39, 0.29) is 66.2 Å². The van der Waals surface area contributed by atoms with Crippen molar-refractivity contribution in [3.63, 3.8) is 0 Å². The molecule has 0 spiro atoms. The average Bonchev–Trinajstić information content (AvgIpc) is 3.65. The topological polar surface area (TPSA) is 159 Å². The van der Waals surface area contributed by atoms with Crippen LogP contribution in [-0.2, 0) is 44.6 Å². The van der Waals surface area contributed by atoms with E-state index in [2.05, 4.69) is 27.8 Å². The van der Waals surface area contributed by atoms with E-state index in [0.717, 1.165) is 24.8 Å². The van der Waals surface area contributed by atoms with E-state index in [4.69, 9.17) is 14.2 Å². The molecule has 3 N–H and O–H groups in total. The molecule has 1 aromatic carbocycles. The number of methoxy groups -OCH3 is 2. The first-order valence-electron chi connectivity index (χ1n) is 22.2. The first-order valence-corrected chi connectivity index (χ1v) is 22.2. The Morgan fingerprint density at radius 1 is 0.867 bits per heavy atom. The molecule has 1 aliphatic heterocycles. The number of carbonyl (C=O) groups excluding carboxylic acids is 5. The Bertz CT molecular complexity index is 1450. The lowest BCUT2D eigenvalue weighted by Crippen LogP contribution is -2.59. The molecule has 0 radical (unpaired) electrons. The summed E-state index contributed by atoms with van der Waals surface area (Å²) in [5.41, 5.74) is 0.926. The standard InChI is InChI=1S/C46H80N6O8/c1-14-32(7)41(51(11)46(57)39(30(3)4)49-45(56)40(31(5)6)50(9)10)38(58-12)28-35(53)29-52-25-19-23-37(52)42(59-13)33(8)43(54)48-36(27-34-21-17-16-18-22-34)44(55)47-24-20-26-60-15-2/h16-18,21-22,30-33,36-42H,14-15,19-20,23-29H2,1-13H3,(H,47,55)(H,48,54)(H,49,56). The molecule has 0 aromatic heterocycles. The van der Waals surface area contributed by atoms with Crippen LogP contribution in [0.1, 0.15) is 93.1 Å². The number of rotatable bonds is 28. The molecule has 9 unspecified atom stereocenters. The zero-order chi connectivity index (χ0) is 45.1. The van der Waals surface area contributed by atoms with Crippen molar-refractivity contribution < 1.29 is 38.2 Å². The Labute approximate surface area is 361 Å². The van der Waals surface area contributed by atoms with E-state index in [1.807, 2.05) is 97.8 Å². The van der Waals surface area contributed by atoms with Crippen LogP contribution in [0.25, 0.3) is 0 Å². The van der Waals surface area contributed by atoms with Gasteiger partial charge in [0, 0.05) is 59.9 Å². The molecule has 1 aromatic rings. The largest absolute Gasteiger partial charge is 0.382 e. The Balaban J connectivity index is 2.22. The van der Waals surface area contributed by atoms with E-state index in [1.165, 1.54) is 0 Å². The maximum atomic E-state index is 14.3. The maximum absolute atomic E-state index is 14.3. The fraction of sp³-hybridized carbons (Fsp3) is 0.761. The second-order valence-electron chi connectivity index (χ2n) is 17.5. The van der Waals surface area contributed by atoms with Gasteiger partial charge in [-0.2, -0.15) is 0 Å². The van der Waals surface area contributed by atoms with Crippen LogP contribution in [0.15, 0.2) is 30.3 Å². The SMILES string of the molecule is CCOCCCNC(=O)C(Cc1ccccc1)NC(=O)C(C)C(OC)C1CCCN1CC(=O)CC(OC)C(C(C)CC)N(C)C(=O)C(NC(=O)C(C(C)C)N(C)C)C(C)C. The fourth-order valence-electron chi connectivity index (χ4n) is 8.63. The summed E-state index contributed by atoms with van der Waals surface area (Å²) in [6, 6.07) is 7.01. The molecule has 1 fully saturated rings. The van der Waals surface area contributed by atoms with Crippen LogP contribution in [0.3, 0.4) is 0 Å². The molecule has 0 aliphatic carbocycles. The van der Waals surface area contributed by atoms with Crippen molar-refractivity contribution in [3.05, 3.63) is 35.9 Å².